The predicted molar refractivity (Wildman–Crippen MR) is 114 cm³/mol. The molecule has 0 bridgehead atoms. The van der Waals surface area contributed by atoms with Crippen LogP contribution < -0.4 is 15.8 Å². The van der Waals surface area contributed by atoms with Crippen molar-refractivity contribution in [3.63, 3.8) is 0 Å². The molecule has 0 saturated carbocycles. The van der Waals surface area contributed by atoms with Crippen LogP contribution in [0.5, 0.6) is 5.75 Å². The fourth-order valence-corrected chi connectivity index (χ4v) is 2.66. The number of aliphatic hydroxyl groups is 1. The Morgan fingerprint density at radius 3 is 2.77 bits per heavy atom. The molecule has 0 fully saturated rings. The molecule has 162 valence electrons. The monoisotopic (exact) mass is 416 g/mol. The summed E-state index contributed by atoms with van der Waals surface area (Å²) in [4.78, 5) is 14.4. The van der Waals surface area contributed by atoms with Crippen molar-refractivity contribution in [1.82, 2.24) is 10.3 Å². The highest BCUT2D eigenvalue weighted by Crippen LogP contribution is 2.31. The quantitative estimate of drug-likeness (QED) is 0.334. The zero-order valence-electron chi connectivity index (χ0n) is 17.5. The number of aliphatic hydroxyl groups excluding tert-OH is 1. The Balaban J connectivity index is 2.19. The lowest BCUT2D eigenvalue weighted by atomic mass is 10.0. The minimum absolute atomic E-state index is 0.0309. The minimum atomic E-state index is -1.21. The second-order valence-corrected chi connectivity index (χ2v) is 7.64. The lowest BCUT2D eigenvalue weighted by molar-refractivity contribution is -0.385. The van der Waals surface area contributed by atoms with Crippen LogP contribution in [0.1, 0.15) is 34.1 Å². The van der Waals surface area contributed by atoms with Crippen LogP contribution in [-0.4, -0.2) is 33.1 Å². The van der Waals surface area contributed by atoms with Crippen molar-refractivity contribution in [2.24, 2.45) is 0 Å². The number of hydrogen-bond donors (Lipinski definition) is 3. The first-order chi connectivity index (χ1) is 14.1. The highest BCUT2D eigenvalue weighted by Gasteiger charge is 2.22. The van der Waals surface area contributed by atoms with Crippen LogP contribution in [-0.2, 0) is 4.74 Å². The summed E-state index contributed by atoms with van der Waals surface area (Å²) in [6.07, 6.45) is 11.5. The van der Waals surface area contributed by atoms with Gasteiger partial charge in [0, 0.05) is 18.0 Å². The number of allylic oxidation sites excluding steroid dienone is 6. The largest absolute Gasteiger partial charge is 0.479 e. The van der Waals surface area contributed by atoms with Crippen molar-refractivity contribution in [1.29, 1.82) is 0 Å². The molecule has 0 saturated heterocycles. The van der Waals surface area contributed by atoms with E-state index in [4.69, 9.17) is 15.2 Å². The van der Waals surface area contributed by atoms with Crippen LogP contribution in [0.15, 0.2) is 60.0 Å². The second kappa shape index (κ2) is 10.0. The van der Waals surface area contributed by atoms with E-state index in [0.29, 0.717) is 12.1 Å². The molecule has 1 aromatic heterocycles. The molecule has 30 heavy (non-hydrogen) atoms. The molecule has 1 aromatic rings. The van der Waals surface area contributed by atoms with Crippen molar-refractivity contribution in [2.45, 2.75) is 52.2 Å². The first-order valence-corrected chi connectivity index (χ1v) is 9.49. The molecule has 1 heterocycles. The summed E-state index contributed by atoms with van der Waals surface area (Å²) in [5.74, 6) is -0.178. The van der Waals surface area contributed by atoms with E-state index in [1.165, 1.54) is 12.3 Å². The van der Waals surface area contributed by atoms with E-state index in [1.807, 2.05) is 45.1 Å². The highest BCUT2D eigenvalue weighted by molar-refractivity contribution is 5.61. The number of aromatic nitrogens is 1. The smallest absolute Gasteiger partial charge is 0.352 e. The van der Waals surface area contributed by atoms with E-state index < -0.39 is 23.0 Å². The molecule has 0 aromatic carbocycles. The molecular weight excluding hydrogens is 388 g/mol. The van der Waals surface area contributed by atoms with Gasteiger partial charge in [-0.15, -0.1) is 0 Å². The zero-order chi connectivity index (χ0) is 22.3. The molecule has 1 aliphatic rings. The van der Waals surface area contributed by atoms with E-state index in [1.54, 1.807) is 19.1 Å². The van der Waals surface area contributed by atoms with E-state index >= 15 is 0 Å². The molecule has 0 aliphatic heterocycles. The van der Waals surface area contributed by atoms with Gasteiger partial charge in [-0.2, -0.15) is 0 Å². The van der Waals surface area contributed by atoms with Crippen molar-refractivity contribution >= 4 is 11.5 Å². The van der Waals surface area contributed by atoms with E-state index in [9.17, 15) is 15.2 Å². The van der Waals surface area contributed by atoms with Crippen LogP contribution in [0.25, 0.3) is 0 Å². The second-order valence-electron chi connectivity index (χ2n) is 7.64. The fourth-order valence-electron chi connectivity index (χ4n) is 2.66. The normalized spacial score (nSPS) is 17.6. The maximum absolute atomic E-state index is 11.2. The number of nitrogens with zero attached hydrogens (tertiary/aromatic N) is 2. The number of anilines is 1. The van der Waals surface area contributed by atoms with Gasteiger partial charge in [0.1, 0.15) is 6.10 Å². The van der Waals surface area contributed by atoms with Crippen LogP contribution >= 0.6 is 0 Å². The minimum Gasteiger partial charge on any atom is -0.479 e. The average molecular weight is 416 g/mol. The topological polar surface area (TPSA) is 133 Å². The Morgan fingerprint density at radius 1 is 1.43 bits per heavy atom. The van der Waals surface area contributed by atoms with E-state index in [0.717, 1.165) is 5.57 Å². The van der Waals surface area contributed by atoms with E-state index in [-0.39, 0.29) is 17.3 Å². The molecule has 1 aliphatic carbocycles. The number of nitrogens with two attached hydrogens (primary N) is 1. The van der Waals surface area contributed by atoms with Crippen molar-refractivity contribution in [2.75, 3.05) is 5.73 Å². The van der Waals surface area contributed by atoms with Gasteiger partial charge in [0.05, 0.1) is 10.5 Å². The fraction of sp³-hybridized carbons (Fsp3) is 0.381. The first kappa shape index (κ1) is 23.1. The van der Waals surface area contributed by atoms with Crippen molar-refractivity contribution < 1.29 is 19.5 Å². The molecule has 2 atom stereocenters. The number of hydrogen-bond acceptors (Lipinski definition) is 8. The lowest BCUT2D eigenvalue weighted by Crippen LogP contribution is -2.37. The molecule has 0 spiro atoms. The van der Waals surface area contributed by atoms with Gasteiger partial charge < -0.3 is 25.6 Å². The van der Waals surface area contributed by atoms with Gasteiger partial charge in [0.25, 0.3) is 0 Å². The van der Waals surface area contributed by atoms with Crippen LogP contribution in [0.2, 0.25) is 0 Å². The van der Waals surface area contributed by atoms with Crippen LogP contribution in [0.3, 0.4) is 0 Å². The number of nitrogens with one attached hydrogen (secondary N) is 1. The van der Waals surface area contributed by atoms with Gasteiger partial charge in [0.15, 0.2) is 0 Å². The molecule has 2 unspecified atom stereocenters. The lowest BCUT2D eigenvalue weighted by Gasteiger charge is -2.26. The average Bonchev–Trinajstić information content (AvgIpc) is 2.64. The molecule has 4 N–H and O–H groups in total. The first-order valence-electron chi connectivity index (χ1n) is 9.49. The van der Waals surface area contributed by atoms with Gasteiger partial charge in [-0.3, -0.25) is 10.1 Å². The number of rotatable bonds is 8. The number of ether oxygens (including phenoxy) is 2. The van der Waals surface area contributed by atoms with Crippen molar-refractivity contribution in [3.05, 3.63) is 70.1 Å². The van der Waals surface area contributed by atoms with Gasteiger partial charge in [-0.25, -0.2) is 4.98 Å². The summed E-state index contributed by atoms with van der Waals surface area (Å²) in [5, 5.41) is 24.4. The summed E-state index contributed by atoms with van der Waals surface area (Å²) in [5.41, 5.74) is 6.28. The Kier molecular flexibility index (Phi) is 7.73. The number of pyridine rings is 1. The Bertz CT molecular complexity index is 884. The van der Waals surface area contributed by atoms with Crippen molar-refractivity contribution in [3.8, 4) is 5.75 Å². The SMILES string of the molecule is CC(/C=C\C(NC(O)OC(C)(C)C)=C1\C=CC=CC1)Oc1ccnc(N)c1[N+](=O)[O-]. The van der Waals surface area contributed by atoms with Crippen LogP contribution in [0.4, 0.5) is 11.5 Å². The third-order valence-corrected chi connectivity index (χ3v) is 3.92. The van der Waals surface area contributed by atoms with E-state index in [2.05, 4.69) is 10.3 Å². The van der Waals surface area contributed by atoms with Gasteiger partial charge >= 0.3 is 5.69 Å². The van der Waals surface area contributed by atoms with Gasteiger partial charge in [0.2, 0.25) is 18.0 Å². The summed E-state index contributed by atoms with van der Waals surface area (Å²) in [6, 6.07) is 1.39. The molecular formula is C21H28N4O5. The Hall–Kier alpha value is -3.17. The standard InChI is InChI=1S/C21H28N4O5/c1-14(29-17-12-13-23-19(22)18(17)25(27)28)10-11-16(15-8-6-5-7-9-15)24-20(26)30-21(2,3)4/h5-8,10-14,20,24,26H,9H2,1-4H3,(H2,22,23)/b11-10-,16-15+. The number of nitrogen functional groups attached to an aromatic ring is 1. The molecule has 0 radical (unpaired) electrons. The van der Waals surface area contributed by atoms with Gasteiger partial charge in [-0.05, 0) is 51.8 Å². The van der Waals surface area contributed by atoms with Gasteiger partial charge in [-0.1, -0.05) is 24.3 Å². The van der Waals surface area contributed by atoms with Crippen LogP contribution in [0, 0.1) is 10.1 Å². The third kappa shape index (κ3) is 7.02. The molecule has 9 heteroatoms. The molecule has 0 amide bonds. The maximum Gasteiger partial charge on any atom is 0.352 e. The summed E-state index contributed by atoms with van der Waals surface area (Å²) >= 11 is 0. The summed E-state index contributed by atoms with van der Waals surface area (Å²) in [7, 11) is 0. The zero-order valence-corrected chi connectivity index (χ0v) is 17.5. The maximum atomic E-state index is 11.2. The number of nitro groups is 1. The predicted octanol–water partition coefficient (Wildman–Crippen LogP) is 3.35. The highest BCUT2D eigenvalue weighted by atomic mass is 16.6. The molecule has 9 nitrogen and oxygen atoms in total. The molecule has 2 rings (SSSR count). The summed E-state index contributed by atoms with van der Waals surface area (Å²) < 4.78 is 11.2. The summed E-state index contributed by atoms with van der Waals surface area (Å²) in [6.45, 7) is 7.25. The third-order valence-electron chi connectivity index (χ3n) is 3.92. The Morgan fingerprint density at radius 2 is 2.17 bits per heavy atom. The Labute approximate surface area is 175 Å².